The Kier molecular flexibility index (Phi) is 3.66. The Morgan fingerprint density at radius 3 is 1.50 bits per heavy atom. The van der Waals surface area contributed by atoms with Crippen LogP contribution in [0.4, 0.5) is 0 Å². The van der Waals surface area contributed by atoms with Crippen LogP contribution >= 0.6 is 0 Å². The van der Waals surface area contributed by atoms with Crippen molar-refractivity contribution in [2.24, 2.45) is 5.73 Å². The third-order valence-corrected chi connectivity index (χ3v) is 3.47. The largest absolute Gasteiger partial charge is 0.339 e. The van der Waals surface area contributed by atoms with Gasteiger partial charge in [-0.25, -0.2) is 0 Å². The lowest BCUT2D eigenvalue weighted by Gasteiger charge is -2.13. The maximum atomic E-state index is 5.79. The second-order valence-corrected chi connectivity index (χ2v) is 4.78. The summed E-state index contributed by atoms with van der Waals surface area (Å²) < 4.78 is 2.30. The van der Waals surface area contributed by atoms with Gasteiger partial charge in [-0.2, -0.15) is 0 Å². The molecule has 0 radical (unpaired) electrons. The summed E-state index contributed by atoms with van der Waals surface area (Å²) in [5, 5.41) is 0. The number of hydrogen-bond acceptors (Lipinski definition) is 1. The molecule has 0 unspecified atom stereocenters. The van der Waals surface area contributed by atoms with Gasteiger partial charge in [-0.15, -0.1) is 0 Å². The summed E-state index contributed by atoms with van der Waals surface area (Å²) in [4.78, 5) is 0. The molecule has 0 aliphatic heterocycles. The van der Waals surface area contributed by atoms with Gasteiger partial charge in [0.25, 0.3) is 0 Å². The molecule has 0 saturated carbocycles. The van der Waals surface area contributed by atoms with E-state index in [-0.39, 0.29) is 0 Å². The predicted molar refractivity (Wildman–Crippen MR) is 84.4 cm³/mol. The number of nitrogens with two attached hydrogens (primary N) is 1. The van der Waals surface area contributed by atoms with Crippen LogP contribution in [0.5, 0.6) is 0 Å². The summed E-state index contributed by atoms with van der Waals surface area (Å²) in [5.74, 6) is 0. The first-order valence-corrected chi connectivity index (χ1v) is 6.90. The summed E-state index contributed by atoms with van der Waals surface area (Å²) in [6, 6.07) is 25.2. The van der Waals surface area contributed by atoms with Gasteiger partial charge in [0.1, 0.15) is 0 Å². The summed E-state index contributed by atoms with van der Waals surface area (Å²) in [5.41, 5.74) is 10.7. The van der Waals surface area contributed by atoms with Gasteiger partial charge in [-0.3, -0.25) is 0 Å². The van der Waals surface area contributed by atoms with E-state index in [1.165, 1.54) is 22.5 Å². The molecule has 1 heterocycles. The Bertz CT molecular complexity index is 612. The van der Waals surface area contributed by atoms with E-state index in [2.05, 4.69) is 65.2 Å². The van der Waals surface area contributed by atoms with E-state index in [0.717, 1.165) is 6.54 Å². The fraction of sp³-hybridized carbons (Fsp3) is 0.111. The number of rotatable bonds is 4. The lowest BCUT2D eigenvalue weighted by Crippen LogP contribution is -2.11. The Labute approximate surface area is 119 Å². The van der Waals surface area contributed by atoms with Crippen LogP contribution in [0, 0.1) is 0 Å². The van der Waals surface area contributed by atoms with Gasteiger partial charge in [0.15, 0.2) is 0 Å². The molecule has 2 N–H and O–H groups in total. The van der Waals surface area contributed by atoms with E-state index >= 15 is 0 Å². The van der Waals surface area contributed by atoms with Crippen molar-refractivity contribution in [2.45, 2.75) is 6.54 Å². The van der Waals surface area contributed by atoms with Crippen molar-refractivity contribution in [3.8, 4) is 22.5 Å². The lowest BCUT2D eigenvalue weighted by atomic mass is 10.1. The zero-order valence-electron chi connectivity index (χ0n) is 11.4. The first-order valence-electron chi connectivity index (χ1n) is 6.90. The maximum Gasteiger partial charge on any atom is 0.0485 e. The van der Waals surface area contributed by atoms with Gasteiger partial charge >= 0.3 is 0 Å². The third-order valence-electron chi connectivity index (χ3n) is 3.47. The van der Waals surface area contributed by atoms with Gasteiger partial charge in [0.2, 0.25) is 0 Å². The molecule has 0 fully saturated rings. The minimum Gasteiger partial charge on any atom is -0.339 e. The second-order valence-electron chi connectivity index (χ2n) is 4.78. The van der Waals surface area contributed by atoms with Crippen molar-refractivity contribution in [2.75, 3.05) is 6.54 Å². The number of nitrogens with zero attached hydrogens (tertiary/aromatic N) is 1. The molecule has 0 bridgehead atoms. The maximum absolute atomic E-state index is 5.79. The van der Waals surface area contributed by atoms with Gasteiger partial charge < -0.3 is 10.3 Å². The molecule has 0 spiro atoms. The van der Waals surface area contributed by atoms with E-state index in [0.29, 0.717) is 6.54 Å². The molecular formula is C18H18N2. The zero-order chi connectivity index (χ0) is 13.8. The van der Waals surface area contributed by atoms with Crippen LogP contribution < -0.4 is 5.73 Å². The fourth-order valence-electron chi connectivity index (χ4n) is 2.56. The molecule has 0 atom stereocenters. The summed E-state index contributed by atoms with van der Waals surface area (Å²) in [6.07, 6.45) is 0. The molecule has 2 heteroatoms. The van der Waals surface area contributed by atoms with Gasteiger partial charge in [0.05, 0.1) is 0 Å². The fourth-order valence-corrected chi connectivity index (χ4v) is 2.56. The summed E-state index contributed by atoms with van der Waals surface area (Å²) >= 11 is 0. The minimum atomic E-state index is 0.633. The number of hydrogen-bond donors (Lipinski definition) is 1. The molecule has 0 saturated heterocycles. The summed E-state index contributed by atoms with van der Waals surface area (Å²) in [7, 11) is 0. The Morgan fingerprint density at radius 2 is 1.10 bits per heavy atom. The molecule has 3 rings (SSSR count). The van der Waals surface area contributed by atoms with E-state index in [1.54, 1.807) is 0 Å². The van der Waals surface area contributed by atoms with Crippen molar-refractivity contribution in [1.82, 2.24) is 4.57 Å². The van der Waals surface area contributed by atoms with Crippen LogP contribution in [-0.2, 0) is 6.54 Å². The lowest BCUT2D eigenvalue weighted by molar-refractivity contribution is 0.726. The highest BCUT2D eigenvalue weighted by Crippen LogP contribution is 2.28. The smallest absolute Gasteiger partial charge is 0.0485 e. The standard InChI is InChI=1S/C18H18N2/c19-13-14-20-17(15-7-3-1-4-8-15)11-12-18(20)16-9-5-2-6-10-16/h1-12H,13-14,19H2. The normalized spacial score (nSPS) is 10.7. The van der Waals surface area contributed by atoms with Crippen LogP contribution in [0.2, 0.25) is 0 Å². The first kappa shape index (κ1) is 12.7. The van der Waals surface area contributed by atoms with Crippen LogP contribution in [0.1, 0.15) is 0 Å². The van der Waals surface area contributed by atoms with Crippen LogP contribution in [-0.4, -0.2) is 11.1 Å². The average molecular weight is 262 g/mol. The Morgan fingerprint density at radius 1 is 0.650 bits per heavy atom. The minimum absolute atomic E-state index is 0.633. The van der Waals surface area contributed by atoms with Crippen LogP contribution in [0.15, 0.2) is 72.8 Å². The molecule has 20 heavy (non-hydrogen) atoms. The van der Waals surface area contributed by atoms with Gasteiger partial charge in [0, 0.05) is 24.5 Å². The van der Waals surface area contributed by atoms with Crippen molar-refractivity contribution in [3.05, 3.63) is 72.8 Å². The van der Waals surface area contributed by atoms with Crippen molar-refractivity contribution >= 4 is 0 Å². The number of benzene rings is 2. The van der Waals surface area contributed by atoms with Crippen molar-refractivity contribution in [1.29, 1.82) is 0 Å². The van der Waals surface area contributed by atoms with E-state index < -0.39 is 0 Å². The molecular weight excluding hydrogens is 244 g/mol. The van der Waals surface area contributed by atoms with E-state index in [4.69, 9.17) is 5.73 Å². The van der Waals surface area contributed by atoms with Crippen LogP contribution in [0.3, 0.4) is 0 Å². The molecule has 3 aromatic rings. The average Bonchev–Trinajstić information content (AvgIpc) is 2.93. The monoisotopic (exact) mass is 262 g/mol. The Balaban J connectivity index is 2.12. The molecule has 0 aliphatic rings. The second kappa shape index (κ2) is 5.76. The molecule has 0 aliphatic carbocycles. The molecule has 2 nitrogen and oxygen atoms in total. The quantitative estimate of drug-likeness (QED) is 0.762. The molecule has 1 aromatic heterocycles. The van der Waals surface area contributed by atoms with Crippen LogP contribution in [0.25, 0.3) is 22.5 Å². The Hall–Kier alpha value is -2.32. The summed E-state index contributed by atoms with van der Waals surface area (Å²) in [6.45, 7) is 1.45. The van der Waals surface area contributed by atoms with Crippen molar-refractivity contribution < 1.29 is 0 Å². The predicted octanol–water partition coefficient (Wildman–Crippen LogP) is 3.78. The molecule has 100 valence electrons. The van der Waals surface area contributed by atoms with E-state index in [1.807, 2.05) is 12.1 Å². The van der Waals surface area contributed by atoms with Gasteiger partial charge in [-0.05, 0) is 23.3 Å². The molecule has 2 aromatic carbocycles. The topological polar surface area (TPSA) is 30.9 Å². The molecule has 0 amide bonds. The highest BCUT2D eigenvalue weighted by Gasteiger charge is 2.10. The third kappa shape index (κ3) is 2.38. The first-order chi connectivity index (χ1) is 9.90. The highest BCUT2D eigenvalue weighted by atomic mass is 15.0. The van der Waals surface area contributed by atoms with E-state index in [9.17, 15) is 0 Å². The SMILES string of the molecule is NCCn1c(-c2ccccc2)ccc1-c1ccccc1. The number of aromatic nitrogens is 1. The van der Waals surface area contributed by atoms with Gasteiger partial charge in [-0.1, -0.05) is 60.7 Å². The zero-order valence-corrected chi connectivity index (χ0v) is 11.4. The van der Waals surface area contributed by atoms with Crippen molar-refractivity contribution in [3.63, 3.8) is 0 Å². The highest BCUT2D eigenvalue weighted by molar-refractivity contribution is 5.69.